The van der Waals surface area contributed by atoms with Crippen LogP contribution in [0.25, 0.3) is 0 Å². The molecule has 0 bridgehead atoms. The maximum absolute atomic E-state index is 3.50. The van der Waals surface area contributed by atoms with Gasteiger partial charge in [-0.2, -0.15) is 0 Å². The Balaban J connectivity index is 3.75. The van der Waals surface area contributed by atoms with Crippen molar-refractivity contribution in [3.05, 3.63) is 0 Å². The van der Waals surface area contributed by atoms with Crippen molar-refractivity contribution < 1.29 is 0 Å². The first-order valence-electron chi connectivity index (χ1n) is 7.34. The van der Waals surface area contributed by atoms with E-state index in [9.17, 15) is 0 Å². The quantitative estimate of drug-likeness (QED) is 0.386. The van der Waals surface area contributed by atoms with Gasteiger partial charge < -0.3 is 4.90 Å². The lowest BCUT2D eigenvalue weighted by molar-refractivity contribution is 0.239. The average Bonchev–Trinajstić information content (AvgIpc) is 2.26. The number of unbranched alkanes of at least 4 members (excludes halogenated alkanes) is 2. The fourth-order valence-electron chi connectivity index (χ4n) is 1.82. The van der Waals surface area contributed by atoms with Crippen molar-refractivity contribution in [3.8, 4) is 0 Å². The van der Waals surface area contributed by atoms with Crippen LogP contribution in [0.1, 0.15) is 59.8 Å². The fourth-order valence-corrected chi connectivity index (χ4v) is 2.22. The zero-order valence-corrected chi connectivity index (χ0v) is 13.9. The summed E-state index contributed by atoms with van der Waals surface area (Å²) in [4.78, 5) is 2.67. The summed E-state index contributed by atoms with van der Waals surface area (Å²) in [5, 5.41) is 1.16. The molecule has 0 rings (SSSR count). The van der Waals surface area contributed by atoms with Crippen LogP contribution in [0.2, 0.25) is 0 Å². The van der Waals surface area contributed by atoms with Gasteiger partial charge in [-0.15, -0.1) is 0 Å². The molecule has 0 aliphatic rings. The molecule has 0 N–H and O–H groups in total. The van der Waals surface area contributed by atoms with E-state index in [1.54, 1.807) is 0 Å². The van der Waals surface area contributed by atoms with Gasteiger partial charge in [0.25, 0.3) is 0 Å². The highest BCUT2D eigenvalue weighted by molar-refractivity contribution is 9.09. The number of rotatable bonds is 11. The van der Waals surface area contributed by atoms with E-state index in [1.165, 1.54) is 51.7 Å². The number of hydrogen-bond donors (Lipinski definition) is 0. The molecule has 0 radical (unpaired) electrons. The third-order valence-electron chi connectivity index (χ3n) is 3.15. The Kier molecular flexibility index (Phi) is 11.8. The lowest BCUT2D eigenvalue weighted by Crippen LogP contribution is -2.28. The van der Waals surface area contributed by atoms with Gasteiger partial charge in [-0.1, -0.05) is 50.0 Å². The van der Waals surface area contributed by atoms with Gasteiger partial charge in [-0.05, 0) is 57.2 Å². The molecule has 0 heterocycles. The van der Waals surface area contributed by atoms with Crippen LogP contribution in [-0.2, 0) is 0 Å². The van der Waals surface area contributed by atoms with Crippen molar-refractivity contribution in [2.45, 2.75) is 59.8 Å². The molecule has 0 aromatic carbocycles. The second-order valence-corrected chi connectivity index (χ2v) is 6.75. The maximum Gasteiger partial charge on any atom is 0.00313 e. The van der Waals surface area contributed by atoms with Crippen molar-refractivity contribution in [1.29, 1.82) is 0 Å². The Labute approximate surface area is 117 Å². The second kappa shape index (κ2) is 11.5. The molecule has 0 amide bonds. The average molecular weight is 306 g/mol. The molecular formula is C15H32BrN. The van der Waals surface area contributed by atoms with Crippen molar-refractivity contribution in [2.24, 2.45) is 11.8 Å². The third-order valence-corrected chi connectivity index (χ3v) is 3.71. The normalized spacial score (nSPS) is 12.0. The molecule has 0 saturated carbocycles. The van der Waals surface area contributed by atoms with Gasteiger partial charge in [0, 0.05) is 5.33 Å². The van der Waals surface area contributed by atoms with Gasteiger partial charge in [0.1, 0.15) is 0 Å². The van der Waals surface area contributed by atoms with E-state index in [0.717, 1.165) is 17.2 Å². The minimum Gasteiger partial charge on any atom is -0.303 e. The van der Waals surface area contributed by atoms with Gasteiger partial charge in [0.2, 0.25) is 0 Å². The second-order valence-electron chi connectivity index (χ2n) is 5.96. The molecule has 0 saturated heterocycles. The third kappa shape index (κ3) is 12.7. The van der Waals surface area contributed by atoms with Gasteiger partial charge in [0.15, 0.2) is 0 Å². The summed E-state index contributed by atoms with van der Waals surface area (Å²) in [5.74, 6) is 1.66. The highest BCUT2D eigenvalue weighted by Crippen LogP contribution is 2.08. The zero-order valence-electron chi connectivity index (χ0n) is 12.3. The van der Waals surface area contributed by atoms with Gasteiger partial charge in [-0.25, -0.2) is 0 Å². The first-order chi connectivity index (χ1) is 8.06. The molecule has 17 heavy (non-hydrogen) atoms. The van der Waals surface area contributed by atoms with Crippen LogP contribution < -0.4 is 0 Å². The van der Waals surface area contributed by atoms with E-state index in [0.29, 0.717) is 0 Å². The predicted molar refractivity (Wildman–Crippen MR) is 83.0 cm³/mol. The molecule has 0 spiro atoms. The van der Waals surface area contributed by atoms with Crippen LogP contribution in [0.15, 0.2) is 0 Å². The van der Waals surface area contributed by atoms with E-state index in [-0.39, 0.29) is 0 Å². The van der Waals surface area contributed by atoms with Crippen molar-refractivity contribution in [2.75, 3.05) is 25.0 Å². The SMILES string of the molecule is CC(C)CCN(CCCCCBr)CCC(C)C. The Hall–Kier alpha value is 0.440. The van der Waals surface area contributed by atoms with Crippen LogP contribution in [0.3, 0.4) is 0 Å². The Bertz CT molecular complexity index is 145. The summed E-state index contributed by atoms with van der Waals surface area (Å²) >= 11 is 3.50. The molecule has 0 aromatic rings. The van der Waals surface area contributed by atoms with E-state index < -0.39 is 0 Å². The first-order valence-corrected chi connectivity index (χ1v) is 8.46. The molecular weight excluding hydrogens is 274 g/mol. The standard InChI is InChI=1S/C15H32BrN/c1-14(2)8-12-17(13-9-15(3)4)11-7-5-6-10-16/h14-15H,5-13H2,1-4H3. The summed E-state index contributed by atoms with van der Waals surface area (Å²) in [6, 6.07) is 0. The monoisotopic (exact) mass is 305 g/mol. The summed E-state index contributed by atoms with van der Waals surface area (Å²) in [6.07, 6.45) is 6.74. The Morgan fingerprint density at radius 3 is 1.71 bits per heavy atom. The molecule has 0 fully saturated rings. The summed E-state index contributed by atoms with van der Waals surface area (Å²) in [5.41, 5.74) is 0. The molecule has 0 atom stereocenters. The highest BCUT2D eigenvalue weighted by atomic mass is 79.9. The van der Waals surface area contributed by atoms with E-state index in [2.05, 4.69) is 48.5 Å². The number of nitrogens with zero attached hydrogens (tertiary/aromatic N) is 1. The predicted octanol–water partition coefficient (Wildman–Crippen LogP) is 4.95. The summed E-state index contributed by atoms with van der Waals surface area (Å²) in [6.45, 7) is 13.2. The lowest BCUT2D eigenvalue weighted by atomic mass is 10.1. The summed E-state index contributed by atoms with van der Waals surface area (Å²) in [7, 11) is 0. The fraction of sp³-hybridized carbons (Fsp3) is 1.00. The van der Waals surface area contributed by atoms with Crippen LogP contribution in [-0.4, -0.2) is 29.9 Å². The highest BCUT2D eigenvalue weighted by Gasteiger charge is 2.06. The van der Waals surface area contributed by atoms with E-state index in [4.69, 9.17) is 0 Å². The van der Waals surface area contributed by atoms with Crippen LogP contribution in [0.5, 0.6) is 0 Å². The van der Waals surface area contributed by atoms with Crippen LogP contribution in [0.4, 0.5) is 0 Å². The number of hydrogen-bond acceptors (Lipinski definition) is 1. The van der Waals surface area contributed by atoms with Crippen LogP contribution >= 0.6 is 15.9 Å². The smallest absolute Gasteiger partial charge is 0.00313 e. The lowest BCUT2D eigenvalue weighted by Gasteiger charge is -2.24. The molecule has 104 valence electrons. The zero-order chi connectivity index (χ0) is 13.1. The first kappa shape index (κ1) is 17.4. The van der Waals surface area contributed by atoms with Gasteiger partial charge in [0.05, 0.1) is 0 Å². The minimum atomic E-state index is 0.832. The van der Waals surface area contributed by atoms with E-state index >= 15 is 0 Å². The van der Waals surface area contributed by atoms with Crippen molar-refractivity contribution in [1.82, 2.24) is 4.90 Å². The molecule has 0 aromatic heterocycles. The number of halogens is 1. The topological polar surface area (TPSA) is 3.24 Å². The van der Waals surface area contributed by atoms with Gasteiger partial charge >= 0.3 is 0 Å². The molecule has 0 unspecified atom stereocenters. The Morgan fingerprint density at radius 1 is 0.765 bits per heavy atom. The van der Waals surface area contributed by atoms with Crippen molar-refractivity contribution in [3.63, 3.8) is 0 Å². The van der Waals surface area contributed by atoms with Gasteiger partial charge in [-0.3, -0.25) is 0 Å². The van der Waals surface area contributed by atoms with Crippen LogP contribution in [0, 0.1) is 11.8 Å². The molecule has 1 nitrogen and oxygen atoms in total. The molecule has 0 aliphatic heterocycles. The van der Waals surface area contributed by atoms with Crippen molar-refractivity contribution >= 4 is 15.9 Å². The number of alkyl halides is 1. The molecule has 2 heteroatoms. The Morgan fingerprint density at radius 2 is 1.29 bits per heavy atom. The summed E-state index contributed by atoms with van der Waals surface area (Å²) < 4.78 is 0. The largest absolute Gasteiger partial charge is 0.303 e. The van der Waals surface area contributed by atoms with E-state index in [1.807, 2.05) is 0 Å². The molecule has 0 aliphatic carbocycles. The minimum absolute atomic E-state index is 0.832. The maximum atomic E-state index is 3.50.